The highest BCUT2D eigenvalue weighted by atomic mass is 35.5. The maximum absolute atomic E-state index is 12.9. The van der Waals surface area contributed by atoms with Gasteiger partial charge < -0.3 is 0 Å². The lowest BCUT2D eigenvalue weighted by Gasteiger charge is -2.00. The highest BCUT2D eigenvalue weighted by Crippen LogP contribution is 2.21. The summed E-state index contributed by atoms with van der Waals surface area (Å²) in [5.41, 5.74) is 1.74. The van der Waals surface area contributed by atoms with Gasteiger partial charge in [0.25, 0.3) is 0 Å². The van der Waals surface area contributed by atoms with Gasteiger partial charge in [-0.1, -0.05) is 29.8 Å². The average Bonchev–Trinajstić information content (AvgIpc) is 2.19. The van der Waals surface area contributed by atoms with E-state index >= 15 is 0 Å². The predicted octanol–water partition coefficient (Wildman–Crippen LogP) is 3.95. The minimum atomic E-state index is -0.238. The van der Waals surface area contributed by atoms with Crippen LogP contribution in [0, 0.1) is 11.9 Å². The number of halogens is 2. The maximum Gasteiger partial charge on any atom is 0.123 e. The Balaban J connectivity index is 2.44. The number of rotatable bonds is 1. The second kappa shape index (κ2) is 3.81. The molecule has 0 aromatic heterocycles. The Labute approximate surface area is 87.0 Å². The SMILES string of the molecule is Fc1cccc(-c2c[c]c(Cl)cc2)c1. The van der Waals surface area contributed by atoms with Crippen LogP contribution in [-0.4, -0.2) is 0 Å². The Bertz CT molecular complexity index is 434. The zero-order chi connectivity index (χ0) is 9.97. The number of benzene rings is 2. The van der Waals surface area contributed by atoms with Gasteiger partial charge in [0, 0.05) is 11.1 Å². The third kappa shape index (κ3) is 1.94. The van der Waals surface area contributed by atoms with Crippen LogP contribution in [0.15, 0.2) is 42.5 Å². The van der Waals surface area contributed by atoms with Crippen molar-refractivity contribution in [1.29, 1.82) is 0 Å². The maximum atomic E-state index is 12.9. The molecule has 0 aliphatic heterocycles. The van der Waals surface area contributed by atoms with Crippen LogP contribution in [0.2, 0.25) is 5.02 Å². The van der Waals surface area contributed by atoms with Crippen LogP contribution >= 0.6 is 11.6 Å². The van der Waals surface area contributed by atoms with E-state index in [9.17, 15) is 4.39 Å². The van der Waals surface area contributed by atoms with Crippen molar-refractivity contribution in [1.82, 2.24) is 0 Å². The van der Waals surface area contributed by atoms with Crippen LogP contribution in [0.1, 0.15) is 0 Å². The van der Waals surface area contributed by atoms with Gasteiger partial charge in [0.1, 0.15) is 5.82 Å². The molecule has 0 aliphatic rings. The number of hydrogen-bond acceptors (Lipinski definition) is 0. The largest absolute Gasteiger partial charge is 0.207 e. The molecule has 0 heterocycles. The summed E-state index contributed by atoms with van der Waals surface area (Å²) in [5.74, 6) is -0.238. The van der Waals surface area contributed by atoms with Crippen LogP contribution in [0.25, 0.3) is 11.1 Å². The smallest absolute Gasteiger partial charge is 0.123 e. The first-order chi connectivity index (χ1) is 6.75. The molecular weight excluding hydrogens is 199 g/mol. The van der Waals surface area contributed by atoms with Gasteiger partial charge >= 0.3 is 0 Å². The highest BCUT2D eigenvalue weighted by Gasteiger charge is 1.98. The van der Waals surface area contributed by atoms with Gasteiger partial charge in [-0.3, -0.25) is 0 Å². The van der Waals surface area contributed by atoms with Gasteiger partial charge in [-0.2, -0.15) is 0 Å². The van der Waals surface area contributed by atoms with E-state index in [2.05, 4.69) is 6.07 Å². The Morgan fingerprint density at radius 3 is 2.57 bits per heavy atom. The van der Waals surface area contributed by atoms with E-state index < -0.39 is 0 Å². The first kappa shape index (κ1) is 9.22. The monoisotopic (exact) mass is 205 g/mol. The Morgan fingerprint density at radius 2 is 1.93 bits per heavy atom. The number of hydrogen-bond donors (Lipinski definition) is 0. The van der Waals surface area contributed by atoms with E-state index in [1.54, 1.807) is 18.2 Å². The molecule has 2 rings (SSSR count). The minimum Gasteiger partial charge on any atom is -0.207 e. The second-order valence-corrected chi connectivity index (χ2v) is 3.34. The fourth-order valence-electron chi connectivity index (χ4n) is 1.25. The summed E-state index contributed by atoms with van der Waals surface area (Å²) in [4.78, 5) is 0. The molecule has 0 atom stereocenters. The van der Waals surface area contributed by atoms with Crippen molar-refractivity contribution in [2.45, 2.75) is 0 Å². The van der Waals surface area contributed by atoms with E-state index in [1.807, 2.05) is 12.1 Å². The van der Waals surface area contributed by atoms with Crippen LogP contribution in [-0.2, 0) is 0 Å². The predicted molar refractivity (Wildman–Crippen MR) is 55.7 cm³/mol. The van der Waals surface area contributed by atoms with Crippen LogP contribution in [0.5, 0.6) is 0 Å². The van der Waals surface area contributed by atoms with Gasteiger partial charge in [0.15, 0.2) is 0 Å². The molecule has 0 bridgehead atoms. The summed E-state index contributed by atoms with van der Waals surface area (Å²) in [6.07, 6.45) is 0. The molecule has 2 aromatic rings. The van der Waals surface area contributed by atoms with Gasteiger partial charge in [-0.25, -0.2) is 4.39 Å². The lowest BCUT2D eigenvalue weighted by molar-refractivity contribution is 0.628. The van der Waals surface area contributed by atoms with Crippen molar-refractivity contribution in [3.8, 4) is 11.1 Å². The molecule has 0 nitrogen and oxygen atoms in total. The fourth-order valence-corrected chi connectivity index (χ4v) is 1.37. The normalized spacial score (nSPS) is 10.1. The van der Waals surface area contributed by atoms with E-state index in [4.69, 9.17) is 11.6 Å². The quantitative estimate of drug-likeness (QED) is 0.662. The summed E-state index contributed by atoms with van der Waals surface area (Å²) in [6.45, 7) is 0. The lowest BCUT2D eigenvalue weighted by Crippen LogP contribution is -1.79. The van der Waals surface area contributed by atoms with Crippen molar-refractivity contribution in [2.24, 2.45) is 0 Å². The zero-order valence-corrected chi connectivity index (χ0v) is 8.05. The van der Waals surface area contributed by atoms with E-state index in [0.717, 1.165) is 11.1 Å². The average molecular weight is 206 g/mol. The summed E-state index contributed by atoms with van der Waals surface area (Å²) in [5, 5.41) is 0.560. The van der Waals surface area contributed by atoms with Gasteiger partial charge in [-0.15, -0.1) is 0 Å². The molecule has 69 valence electrons. The molecule has 0 spiro atoms. The molecular formula is C12H7ClF. The fraction of sp³-hybridized carbons (Fsp3) is 0. The van der Waals surface area contributed by atoms with E-state index in [0.29, 0.717) is 5.02 Å². The Kier molecular flexibility index (Phi) is 2.51. The molecule has 0 unspecified atom stereocenters. The molecule has 14 heavy (non-hydrogen) atoms. The van der Waals surface area contributed by atoms with Crippen LogP contribution < -0.4 is 0 Å². The summed E-state index contributed by atoms with van der Waals surface area (Å²) in [7, 11) is 0. The molecule has 0 N–H and O–H groups in total. The third-order valence-electron chi connectivity index (χ3n) is 1.93. The van der Waals surface area contributed by atoms with Crippen molar-refractivity contribution < 1.29 is 4.39 Å². The Morgan fingerprint density at radius 1 is 1.07 bits per heavy atom. The molecule has 0 saturated heterocycles. The van der Waals surface area contributed by atoms with Crippen molar-refractivity contribution in [3.63, 3.8) is 0 Å². The topological polar surface area (TPSA) is 0 Å². The summed E-state index contributed by atoms with van der Waals surface area (Å²) >= 11 is 5.70. The van der Waals surface area contributed by atoms with E-state index in [1.165, 1.54) is 12.1 Å². The molecule has 1 radical (unpaired) electrons. The van der Waals surface area contributed by atoms with Gasteiger partial charge in [0.2, 0.25) is 0 Å². The minimum absolute atomic E-state index is 0.238. The lowest BCUT2D eigenvalue weighted by atomic mass is 10.1. The van der Waals surface area contributed by atoms with Crippen molar-refractivity contribution >= 4 is 11.6 Å². The molecule has 0 amide bonds. The first-order valence-corrected chi connectivity index (χ1v) is 4.57. The van der Waals surface area contributed by atoms with Crippen LogP contribution in [0.3, 0.4) is 0 Å². The van der Waals surface area contributed by atoms with Crippen LogP contribution in [0.4, 0.5) is 4.39 Å². The standard InChI is InChI=1S/C12H7ClF/c13-11-6-4-9(5-7-11)10-2-1-3-12(14)8-10/h1-6,8H. The zero-order valence-electron chi connectivity index (χ0n) is 7.30. The van der Waals surface area contributed by atoms with Crippen molar-refractivity contribution in [3.05, 3.63) is 59.4 Å². The molecule has 2 aromatic carbocycles. The summed E-state index contributed by atoms with van der Waals surface area (Å²) in [6, 6.07) is 14.6. The van der Waals surface area contributed by atoms with Gasteiger partial charge in [0.05, 0.1) is 0 Å². The molecule has 2 heteroatoms. The first-order valence-electron chi connectivity index (χ1n) is 4.19. The van der Waals surface area contributed by atoms with E-state index in [-0.39, 0.29) is 5.82 Å². The highest BCUT2D eigenvalue weighted by molar-refractivity contribution is 6.30. The molecule has 0 saturated carbocycles. The third-order valence-corrected chi connectivity index (χ3v) is 2.17. The Hall–Kier alpha value is -1.34. The van der Waals surface area contributed by atoms with Crippen molar-refractivity contribution in [2.75, 3.05) is 0 Å². The molecule has 0 aliphatic carbocycles. The summed E-state index contributed by atoms with van der Waals surface area (Å²) < 4.78 is 12.9. The second-order valence-electron chi connectivity index (χ2n) is 2.94. The van der Waals surface area contributed by atoms with Gasteiger partial charge in [-0.05, 0) is 35.4 Å². The molecule has 0 fully saturated rings.